The smallest absolute Gasteiger partial charge is 0.271 e. The number of benzene rings is 1. The molecule has 1 aliphatic heterocycles. The number of nitrogens with one attached hydrogen (secondary N) is 3. The van der Waals surface area contributed by atoms with Crippen LogP contribution in [0.5, 0.6) is 0 Å². The van der Waals surface area contributed by atoms with Gasteiger partial charge >= 0.3 is 0 Å². The van der Waals surface area contributed by atoms with Gasteiger partial charge in [-0.3, -0.25) is 9.59 Å². The summed E-state index contributed by atoms with van der Waals surface area (Å²) in [5.41, 5.74) is 2.87. The van der Waals surface area contributed by atoms with Crippen molar-refractivity contribution in [2.75, 3.05) is 35.7 Å². The lowest BCUT2D eigenvalue weighted by Gasteiger charge is -2.28. The molecule has 0 unspecified atom stereocenters. The number of aromatic amines is 1. The lowest BCUT2D eigenvalue weighted by atomic mass is 10.1. The predicted molar refractivity (Wildman–Crippen MR) is 120 cm³/mol. The Hall–Kier alpha value is -3.61. The normalized spacial score (nSPS) is 13.7. The van der Waals surface area contributed by atoms with Crippen molar-refractivity contribution in [1.82, 2.24) is 9.97 Å². The van der Waals surface area contributed by atoms with Crippen molar-refractivity contribution < 1.29 is 4.79 Å². The van der Waals surface area contributed by atoms with Crippen molar-refractivity contribution in [3.63, 3.8) is 0 Å². The van der Waals surface area contributed by atoms with E-state index < -0.39 is 0 Å². The van der Waals surface area contributed by atoms with Gasteiger partial charge in [0, 0.05) is 43.1 Å². The number of hydrogen-bond donors (Lipinski definition) is 3. The molecule has 0 saturated carbocycles. The van der Waals surface area contributed by atoms with Gasteiger partial charge in [0.05, 0.1) is 5.69 Å². The Bertz CT molecular complexity index is 1090. The molecule has 0 bridgehead atoms. The summed E-state index contributed by atoms with van der Waals surface area (Å²) in [7, 11) is 1.79. The molecule has 0 atom stereocenters. The largest absolute Gasteiger partial charge is 0.373 e. The van der Waals surface area contributed by atoms with Crippen molar-refractivity contribution in [2.45, 2.75) is 19.3 Å². The van der Waals surface area contributed by atoms with E-state index in [9.17, 15) is 9.59 Å². The summed E-state index contributed by atoms with van der Waals surface area (Å²) in [6.45, 7) is 2.10. The van der Waals surface area contributed by atoms with Gasteiger partial charge in [-0.05, 0) is 61.7 Å². The van der Waals surface area contributed by atoms with Crippen LogP contribution in [0.25, 0.3) is 11.3 Å². The number of carbonyl (C=O) groups is 1. The van der Waals surface area contributed by atoms with Crippen molar-refractivity contribution in [1.29, 1.82) is 0 Å². The van der Waals surface area contributed by atoms with Gasteiger partial charge in [0.2, 0.25) is 0 Å². The average Bonchev–Trinajstić information content (AvgIpc) is 2.81. The van der Waals surface area contributed by atoms with Crippen LogP contribution in [0.3, 0.4) is 0 Å². The van der Waals surface area contributed by atoms with Crippen LogP contribution in [0.2, 0.25) is 0 Å². The monoisotopic (exact) mass is 403 g/mol. The highest BCUT2D eigenvalue weighted by Gasteiger charge is 2.14. The number of rotatable bonds is 5. The van der Waals surface area contributed by atoms with Crippen LogP contribution in [0, 0.1) is 0 Å². The third-order valence-corrected chi connectivity index (χ3v) is 5.30. The minimum Gasteiger partial charge on any atom is -0.373 e. The summed E-state index contributed by atoms with van der Waals surface area (Å²) in [5.74, 6) is 0.401. The molecule has 3 aromatic rings. The zero-order valence-corrected chi connectivity index (χ0v) is 16.9. The number of pyridine rings is 2. The standard InChI is InChI=1S/C23H25N5O2/c1-24-21-7-5-6-19(26-21)17-14-20(23(30)25-15-17)27-22(29)16-8-10-18(11-9-16)28-12-3-2-4-13-28/h5-11,14-15H,2-4,12-13H2,1H3,(H,24,26)(H,25,30)(H,27,29). The minimum absolute atomic E-state index is 0.189. The van der Waals surface area contributed by atoms with E-state index in [0.29, 0.717) is 16.8 Å². The summed E-state index contributed by atoms with van der Waals surface area (Å²) in [6, 6.07) is 14.7. The fraction of sp³-hybridized carbons (Fsp3) is 0.261. The molecule has 1 aliphatic rings. The molecule has 0 aliphatic carbocycles. The summed E-state index contributed by atoms with van der Waals surface area (Å²) in [6.07, 6.45) is 5.27. The van der Waals surface area contributed by atoms with Gasteiger partial charge in [-0.2, -0.15) is 0 Å². The van der Waals surface area contributed by atoms with Crippen LogP contribution in [0.1, 0.15) is 29.6 Å². The molecule has 1 fully saturated rings. The number of aromatic nitrogens is 2. The average molecular weight is 403 g/mol. The second-order valence-electron chi connectivity index (χ2n) is 7.34. The lowest BCUT2D eigenvalue weighted by Crippen LogP contribution is -2.29. The number of amides is 1. The first kappa shape index (κ1) is 19.7. The maximum Gasteiger partial charge on any atom is 0.271 e. The van der Waals surface area contributed by atoms with Crippen LogP contribution in [0.15, 0.2) is 59.5 Å². The summed E-state index contributed by atoms with van der Waals surface area (Å²) in [5, 5.41) is 5.71. The molecule has 7 heteroatoms. The first-order chi connectivity index (χ1) is 14.6. The molecular weight excluding hydrogens is 378 g/mol. The van der Waals surface area contributed by atoms with Crippen LogP contribution in [-0.2, 0) is 0 Å². The van der Waals surface area contributed by atoms with Crippen LogP contribution < -0.4 is 21.1 Å². The fourth-order valence-corrected chi connectivity index (χ4v) is 3.63. The quantitative estimate of drug-likeness (QED) is 0.604. The van der Waals surface area contributed by atoms with Gasteiger partial charge in [0.25, 0.3) is 11.5 Å². The van der Waals surface area contributed by atoms with Gasteiger partial charge < -0.3 is 20.5 Å². The van der Waals surface area contributed by atoms with E-state index in [1.54, 1.807) is 31.4 Å². The van der Waals surface area contributed by atoms with Crippen LogP contribution in [-0.4, -0.2) is 36.0 Å². The van der Waals surface area contributed by atoms with Gasteiger partial charge in [0.1, 0.15) is 11.5 Å². The number of anilines is 3. The SMILES string of the molecule is CNc1cccc(-c2c[nH]c(=O)c(NC(=O)c3ccc(N4CCCCC4)cc3)c2)n1. The molecule has 3 heterocycles. The van der Waals surface area contributed by atoms with E-state index in [4.69, 9.17) is 0 Å². The van der Waals surface area contributed by atoms with E-state index in [0.717, 1.165) is 24.6 Å². The number of nitrogens with zero attached hydrogens (tertiary/aromatic N) is 2. The molecule has 1 aromatic carbocycles. The molecule has 7 nitrogen and oxygen atoms in total. The Balaban J connectivity index is 1.52. The lowest BCUT2D eigenvalue weighted by molar-refractivity contribution is 0.102. The Labute approximate surface area is 175 Å². The zero-order valence-electron chi connectivity index (χ0n) is 16.9. The van der Waals surface area contributed by atoms with E-state index in [-0.39, 0.29) is 17.2 Å². The molecule has 1 amide bonds. The summed E-state index contributed by atoms with van der Waals surface area (Å²) in [4.78, 5) is 34.4. The number of piperidine rings is 1. The highest BCUT2D eigenvalue weighted by Crippen LogP contribution is 2.22. The second kappa shape index (κ2) is 8.82. The molecular formula is C23H25N5O2. The van der Waals surface area contributed by atoms with Gasteiger partial charge in [-0.25, -0.2) is 4.98 Å². The molecule has 2 aromatic heterocycles. The third-order valence-electron chi connectivity index (χ3n) is 5.30. The highest BCUT2D eigenvalue weighted by atomic mass is 16.2. The van der Waals surface area contributed by atoms with Crippen molar-refractivity contribution in [2.24, 2.45) is 0 Å². The van der Waals surface area contributed by atoms with E-state index in [1.807, 2.05) is 30.3 Å². The Kier molecular flexibility index (Phi) is 5.79. The third kappa shape index (κ3) is 4.35. The minimum atomic E-state index is -0.359. The Morgan fingerprint density at radius 2 is 1.83 bits per heavy atom. The zero-order chi connectivity index (χ0) is 20.9. The Morgan fingerprint density at radius 3 is 2.57 bits per heavy atom. The molecule has 154 valence electrons. The number of carbonyl (C=O) groups excluding carboxylic acids is 1. The summed E-state index contributed by atoms with van der Waals surface area (Å²) >= 11 is 0. The molecule has 3 N–H and O–H groups in total. The molecule has 4 rings (SSSR count). The summed E-state index contributed by atoms with van der Waals surface area (Å²) < 4.78 is 0. The van der Waals surface area contributed by atoms with Crippen LogP contribution in [0.4, 0.5) is 17.2 Å². The molecule has 30 heavy (non-hydrogen) atoms. The van der Waals surface area contributed by atoms with Gasteiger partial charge in [0.15, 0.2) is 0 Å². The van der Waals surface area contributed by atoms with Crippen LogP contribution >= 0.6 is 0 Å². The van der Waals surface area contributed by atoms with Crippen molar-refractivity contribution >= 4 is 23.1 Å². The highest BCUT2D eigenvalue weighted by molar-refractivity contribution is 6.04. The van der Waals surface area contributed by atoms with Crippen molar-refractivity contribution in [3.8, 4) is 11.3 Å². The predicted octanol–water partition coefficient (Wildman–Crippen LogP) is 3.72. The Morgan fingerprint density at radius 1 is 1.07 bits per heavy atom. The fourth-order valence-electron chi connectivity index (χ4n) is 3.63. The maximum atomic E-state index is 12.7. The molecule has 0 spiro atoms. The molecule has 0 radical (unpaired) electrons. The first-order valence-electron chi connectivity index (χ1n) is 10.2. The second-order valence-corrected chi connectivity index (χ2v) is 7.34. The van der Waals surface area contributed by atoms with Gasteiger partial charge in [-0.15, -0.1) is 0 Å². The van der Waals surface area contributed by atoms with E-state index >= 15 is 0 Å². The van der Waals surface area contributed by atoms with E-state index in [1.165, 1.54) is 19.3 Å². The van der Waals surface area contributed by atoms with E-state index in [2.05, 4.69) is 25.5 Å². The van der Waals surface area contributed by atoms with Crippen molar-refractivity contribution in [3.05, 3.63) is 70.6 Å². The number of H-pyrrole nitrogens is 1. The van der Waals surface area contributed by atoms with Gasteiger partial charge in [-0.1, -0.05) is 6.07 Å². The topological polar surface area (TPSA) is 90.1 Å². The molecule has 1 saturated heterocycles. The number of hydrogen-bond acceptors (Lipinski definition) is 5. The first-order valence-corrected chi connectivity index (χ1v) is 10.2. The maximum absolute atomic E-state index is 12.7.